The minimum atomic E-state index is -4.63. The number of hydrazone groups is 1. The number of alkyl halides is 3. The van der Waals surface area contributed by atoms with E-state index in [1.165, 1.54) is 11.9 Å². The SMILES string of the molecule is COc1ccc(C2CC(c3ccc(CS(=O)(=O)c4cccc(C(F)(F)F)c4)cc3)=NN2C(C)=O)cc1. The lowest BCUT2D eigenvalue weighted by atomic mass is 9.98. The highest BCUT2D eigenvalue weighted by Crippen LogP contribution is 2.34. The Balaban J connectivity index is 1.53. The first-order valence-electron chi connectivity index (χ1n) is 11.0. The number of benzene rings is 3. The zero-order chi connectivity index (χ0) is 26.1. The summed E-state index contributed by atoms with van der Waals surface area (Å²) in [6, 6.07) is 17.4. The molecule has 4 rings (SSSR count). The van der Waals surface area contributed by atoms with Gasteiger partial charge in [0, 0.05) is 13.3 Å². The number of rotatable bonds is 6. The van der Waals surface area contributed by atoms with Crippen LogP contribution >= 0.6 is 0 Å². The second kappa shape index (κ2) is 9.77. The average Bonchev–Trinajstić information content (AvgIpc) is 3.30. The van der Waals surface area contributed by atoms with E-state index in [1.807, 2.05) is 24.3 Å². The van der Waals surface area contributed by atoms with E-state index in [0.29, 0.717) is 29.5 Å². The van der Waals surface area contributed by atoms with Crippen molar-refractivity contribution in [3.63, 3.8) is 0 Å². The van der Waals surface area contributed by atoms with Crippen LogP contribution in [0.15, 0.2) is 82.8 Å². The third kappa shape index (κ3) is 5.43. The molecule has 188 valence electrons. The van der Waals surface area contributed by atoms with Gasteiger partial charge >= 0.3 is 6.18 Å². The molecule has 0 aliphatic carbocycles. The van der Waals surface area contributed by atoms with Crippen LogP contribution < -0.4 is 4.74 Å². The molecule has 0 saturated carbocycles. The van der Waals surface area contributed by atoms with Crippen LogP contribution in [0.2, 0.25) is 0 Å². The van der Waals surface area contributed by atoms with Crippen molar-refractivity contribution in [2.24, 2.45) is 5.10 Å². The fourth-order valence-corrected chi connectivity index (χ4v) is 5.41. The van der Waals surface area contributed by atoms with Crippen LogP contribution in [-0.2, 0) is 26.6 Å². The lowest BCUT2D eigenvalue weighted by Gasteiger charge is -2.20. The molecule has 1 unspecified atom stereocenters. The van der Waals surface area contributed by atoms with Gasteiger partial charge in [-0.15, -0.1) is 0 Å². The van der Waals surface area contributed by atoms with Crippen molar-refractivity contribution in [1.82, 2.24) is 5.01 Å². The molecule has 3 aromatic rings. The number of amides is 1. The van der Waals surface area contributed by atoms with E-state index in [0.717, 1.165) is 29.3 Å². The Morgan fingerprint density at radius 3 is 2.31 bits per heavy atom. The van der Waals surface area contributed by atoms with Crippen LogP contribution in [0, 0.1) is 0 Å². The number of sulfone groups is 1. The highest BCUT2D eigenvalue weighted by atomic mass is 32.2. The van der Waals surface area contributed by atoms with Crippen LogP contribution in [0.5, 0.6) is 5.75 Å². The molecule has 1 atom stereocenters. The second-order valence-electron chi connectivity index (χ2n) is 8.38. The monoisotopic (exact) mass is 516 g/mol. The summed E-state index contributed by atoms with van der Waals surface area (Å²) < 4.78 is 69.6. The summed E-state index contributed by atoms with van der Waals surface area (Å²) in [7, 11) is -2.42. The smallest absolute Gasteiger partial charge is 0.416 e. The van der Waals surface area contributed by atoms with E-state index in [9.17, 15) is 26.4 Å². The van der Waals surface area contributed by atoms with Gasteiger partial charge in [0.15, 0.2) is 9.84 Å². The molecule has 1 heterocycles. The van der Waals surface area contributed by atoms with Crippen molar-refractivity contribution >= 4 is 21.5 Å². The van der Waals surface area contributed by atoms with Crippen molar-refractivity contribution in [1.29, 1.82) is 0 Å². The Morgan fingerprint density at radius 2 is 1.72 bits per heavy atom. The van der Waals surface area contributed by atoms with Gasteiger partial charge in [0.2, 0.25) is 5.91 Å². The predicted octanol–water partition coefficient (Wildman–Crippen LogP) is 5.39. The summed E-state index contributed by atoms with van der Waals surface area (Å²) in [5.74, 6) is 0.0346. The van der Waals surface area contributed by atoms with Crippen LogP contribution in [0.3, 0.4) is 0 Å². The fourth-order valence-electron chi connectivity index (χ4n) is 4.02. The van der Waals surface area contributed by atoms with Gasteiger partial charge in [-0.05, 0) is 47.0 Å². The number of nitrogens with zero attached hydrogens (tertiary/aromatic N) is 2. The number of carbonyl (C=O) groups is 1. The minimum Gasteiger partial charge on any atom is -0.497 e. The summed E-state index contributed by atoms with van der Waals surface area (Å²) in [5, 5.41) is 5.91. The largest absolute Gasteiger partial charge is 0.497 e. The number of carbonyl (C=O) groups excluding carboxylic acids is 1. The standard InChI is InChI=1S/C26H23F3N2O4S/c1-17(32)31-25(20-10-12-22(35-2)13-11-20)15-24(30-31)19-8-6-18(7-9-19)16-36(33,34)23-5-3-4-21(14-23)26(27,28)29/h3-14,25H,15-16H2,1-2H3. The van der Waals surface area contributed by atoms with Crippen molar-refractivity contribution in [2.45, 2.75) is 36.2 Å². The van der Waals surface area contributed by atoms with Crippen LogP contribution in [0.1, 0.15) is 41.6 Å². The Kier molecular flexibility index (Phi) is 6.90. The Morgan fingerprint density at radius 1 is 1.06 bits per heavy atom. The third-order valence-electron chi connectivity index (χ3n) is 5.90. The van der Waals surface area contributed by atoms with Gasteiger partial charge in [0.1, 0.15) is 5.75 Å². The molecule has 0 fully saturated rings. The zero-order valence-corrected chi connectivity index (χ0v) is 20.3. The molecular formula is C26H23F3N2O4S. The summed E-state index contributed by atoms with van der Waals surface area (Å²) in [6.45, 7) is 1.44. The predicted molar refractivity (Wildman–Crippen MR) is 128 cm³/mol. The van der Waals surface area contributed by atoms with Gasteiger partial charge < -0.3 is 4.74 Å². The maximum Gasteiger partial charge on any atom is 0.416 e. The van der Waals surface area contributed by atoms with E-state index >= 15 is 0 Å². The molecule has 1 aliphatic heterocycles. The van der Waals surface area contributed by atoms with Crippen molar-refractivity contribution in [3.8, 4) is 5.75 Å². The van der Waals surface area contributed by atoms with Crippen LogP contribution in [0.4, 0.5) is 13.2 Å². The van der Waals surface area contributed by atoms with Crippen molar-refractivity contribution < 1.29 is 31.1 Å². The summed E-state index contributed by atoms with van der Waals surface area (Å²) in [6.07, 6.45) is -4.17. The molecule has 10 heteroatoms. The number of hydrogen-bond acceptors (Lipinski definition) is 5. The van der Waals surface area contributed by atoms with Gasteiger partial charge in [-0.2, -0.15) is 18.3 Å². The normalized spacial score (nSPS) is 16.1. The quantitative estimate of drug-likeness (QED) is 0.441. The highest BCUT2D eigenvalue weighted by molar-refractivity contribution is 7.90. The zero-order valence-electron chi connectivity index (χ0n) is 19.5. The van der Waals surface area contributed by atoms with E-state index in [2.05, 4.69) is 5.10 Å². The van der Waals surface area contributed by atoms with E-state index < -0.39 is 27.3 Å². The van der Waals surface area contributed by atoms with Gasteiger partial charge in [-0.1, -0.05) is 42.5 Å². The number of methoxy groups -OCH3 is 1. The van der Waals surface area contributed by atoms with Gasteiger partial charge in [0.25, 0.3) is 0 Å². The Labute approximate surface area is 206 Å². The first kappa shape index (κ1) is 25.4. The molecule has 0 spiro atoms. The second-order valence-corrected chi connectivity index (χ2v) is 10.4. The molecule has 6 nitrogen and oxygen atoms in total. The van der Waals surface area contributed by atoms with Gasteiger partial charge in [-0.3, -0.25) is 4.79 Å². The molecule has 0 aromatic heterocycles. The number of hydrogen-bond donors (Lipinski definition) is 0. The highest BCUT2D eigenvalue weighted by Gasteiger charge is 2.33. The minimum absolute atomic E-state index is 0.213. The average molecular weight is 517 g/mol. The molecule has 0 radical (unpaired) electrons. The summed E-state index contributed by atoms with van der Waals surface area (Å²) in [4.78, 5) is 11.8. The van der Waals surface area contributed by atoms with E-state index in [-0.39, 0.29) is 16.8 Å². The van der Waals surface area contributed by atoms with Crippen LogP contribution in [0.25, 0.3) is 0 Å². The molecule has 3 aromatic carbocycles. The molecule has 0 saturated heterocycles. The first-order valence-corrected chi connectivity index (χ1v) is 12.6. The number of ether oxygens (including phenoxy) is 1. The Hall–Kier alpha value is -3.66. The molecule has 1 amide bonds. The topological polar surface area (TPSA) is 76.0 Å². The van der Waals surface area contributed by atoms with E-state index in [4.69, 9.17) is 4.74 Å². The molecular weight excluding hydrogens is 493 g/mol. The maximum atomic E-state index is 13.0. The molecule has 1 aliphatic rings. The first-order chi connectivity index (χ1) is 17.0. The lowest BCUT2D eigenvalue weighted by Crippen LogP contribution is -2.24. The van der Waals surface area contributed by atoms with Crippen molar-refractivity contribution in [2.75, 3.05) is 7.11 Å². The number of halogens is 3. The van der Waals surface area contributed by atoms with Crippen molar-refractivity contribution in [3.05, 3.63) is 95.1 Å². The maximum absolute atomic E-state index is 13.0. The molecule has 0 bridgehead atoms. The van der Waals surface area contributed by atoms with Gasteiger partial charge in [-0.25, -0.2) is 13.4 Å². The third-order valence-corrected chi connectivity index (χ3v) is 7.58. The van der Waals surface area contributed by atoms with Crippen LogP contribution in [-0.4, -0.2) is 32.2 Å². The van der Waals surface area contributed by atoms with E-state index in [1.54, 1.807) is 31.4 Å². The molecule has 36 heavy (non-hydrogen) atoms. The lowest BCUT2D eigenvalue weighted by molar-refractivity contribution is -0.137. The fraction of sp³-hybridized carbons (Fsp3) is 0.231. The molecule has 0 N–H and O–H groups in total. The van der Waals surface area contributed by atoms with Gasteiger partial charge in [0.05, 0.1) is 35.1 Å². The summed E-state index contributed by atoms with van der Waals surface area (Å²) in [5.41, 5.74) is 1.69. The Bertz CT molecular complexity index is 1400. The summed E-state index contributed by atoms with van der Waals surface area (Å²) >= 11 is 0.